The second-order valence-electron chi connectivity index (χ2n) is 8.59. The molecule has 0 N–H and O–H groups in total. The van der Waals surface area contributed by atoms with Gasteiger partial charge in [-0.3, -0.25) is 0 Å². The minimum absolute atomic E-state index is 0.786. The van der Waals surface area contributed by atoms with Gasteiger partial charge < -0.3 is 4.42 Å². The van der Waals surface area contributed by atoms with E-state index < -0.39 is 11.8 Å². The van der Waals surface area contributed by atoms with Crippen molar-refractivity contribution in [1.29, 1.82) is 0 Å². The molecule has 0 saturated heterocycles. The highest BCUT2D eigenvalue weighted by Crippen LogP contribution is 2.40. The third-order valence-electron chi connectivity index (χ3n) is 6.01. The van der Waals surface area contributed by atoms with Crippen LogP contribution >= 0.6 is 0 Å². The van der Waals surface area contributed by atoms with Crippen molar-refractivity contribution >= 4 is 21.9 Å². The maximum Gasteiger partial charge on any atom is 0.143 e. The van der Waals surface area contributed by atoms with Gasteiger partial charge in [0.1, 0.15) is 11.2 Å². The maximum atomic E-state index is 8.78. The molecule has 5 aromatic rings. The van der Waals surface area contributed by atoms with Crippen LogP contribution in [0.25, 0.3) is 44.2 Å². The van der Waals surface area contributed by atoms with Crippen LogP contribution in [0.4, 0.5) is 0 Å². The van der Waals surface area contributed by atoms with Crippen molar-refractivity contribution in [2.24, 2.45) is 0 Å². The van der Waals surface area contributed by atoms with Crippen molar-refractivity contribution in [3.8, 4) is 22.3 Å². The van der Waals surface area contributed by atoms with Gasteiger partial charge in [0, 0.05) is 19.1 Å². The van der Waals surface area contributed by atoms with E-state index in [2.05, 4.69) is 48.5 Å². The third-order valence-corrected chi connectivity index (χ3v) is 6.01. The molecule has 0 fully saturated rings. The third kappa shape index (κ3) is 3.35. The quantitative estimate of drug-likeness (QED) is 0.290. The Balaban J connectivity index is 1.76. The largest absolute Gasteiger partial charge is 0.455 e. The van der Waals surface area contributed by atoms with Crippen molar-refractivity contribution < 1.29 is 7.16 Å². The molecule has 4 aromatic carbocycles. The Morgan fingerprint density at radius 2 is 1.26 bits per heavy atom. The Bertz CT molecular complexity index is 1450. The molecule has 154 valence electrons. The lowest BCUT2D eigenvalue weighted by Crippen LogP contribution is -1.99. The van der Waals surface area contributed by atoms with E-state index in [0.29, 0.717) is 0 Å². The van der Waals surface area contributed by atoms with Crippen LogP contribution < -0.4 is 0 Å². The van der Waals surface area contributed by atoms with Crippen LogP contribution in [0.5, 0.6) is 0 Å². The highest BCUT2D eigenvalue weighted by atomic mass is 16.3. The second kappa shape index (κ2) is 7.74. The minimum Gasteiger partial charge on any atom is -0.455 e. The van der Waals surface area contributed by atoms with E-state index >= 15 is 0 Å². The zero-order valence-corrected chi connectivity index (χ0v) is 18.5. The molecule has 0 amide bonds. The Morgan fingerprint density at radius 3 is 2.00 bits per heavy atom. The first-order chi connectivity index (χ1) is 15.6. The predicted octanol–water partition coefficient (Wildman–Crippen LogP) is 9.17. The predicted molar refractivity (Wildman–Crippen MR) is 133 cm³/mol. The molecule has 1 heteroatoms. The lowest BCUT2D eigenvalue weighted by Gasteiger charge is -2.20. The SMILES string of the molecule is [2H]C(C)(C)c1cccc(C([2H])(C)C)c1-c1cccc(-c2cccc3c2oc2ccccc23)c1. The van der Waals surface area contributed by atoms with Crippen LogP contribution in [0.15, 0.2) is 89.3 Å². The lowest BCUT2D eigenvalue weighted by molar-refractivity contribution is 0.670. The summed E-state index contributed by atoms with van der Waals surface area (Å²) in [6.45, 7) is 7.63. The van der Waals surface area contributed by atoms with E-state index in [4.69, 9.17) is 7.16 Å². The average molecular weight is 407 g/mol. The molecular weight excluding hydrogens is 376 g/mol. The number of para-hydroxylation sites is 2. The zero-order valence-electron chi connectivity index (χ0n) is 20.5. The number of fused-ring (bicyclic) bond motifs is 3. The Labute approximate surface area is 187 Å². The summed E-state index contributed by atoms with van der Waals surface area (Å²) in [5.74, 6) is -1.57. The molecule has 0 unspecified atom stereocenters. The van der Waals surface area contributed by atoms with Crippen LogP contribution in [-0.4, -0.2) is 0 Å². The fourth-order valence-corrected chi connectivity index (χ4v) is 4.51. The van der Waals surface area contributed by atoms with Crippen LogP contribution in [-0.2, 0) is 0 Å². The fourth-order valence-electron chi connectivity index (χ4n) is 4.51. The summed E-state index contributed by atoms with van der Waals surface area (Å²) >= 11 is 0. The maximum absolute atomic E-state index is 8.78. The molecule has 0 aliphatic carbocycles. The standard InChI is InChI=1S/C30H28O/c1-19(2)23-13-8-14-24(20(3)4)29(23)22-11-7-10-21(18-22)25-15-9-16-27-26-12-5-6-17-28(26)31-30(25)27/h5-20H,1-4H3/i19D,20D. The molecule has 0 aliphatic heterocycles. The summed E-state index contributed by atoms with van der Waals surface area (Å²) < 4.78 is 23.8. The Hall–Kier alpha value is -3.32. The highest BCUT2D eigenvalue weighted by Gasteiger charge is 2.17. The average Bonchev–Trinajstić information content (AvgIpc) is 3.16. The number of rotatable bonds is 4. The molecule has 31 heavy (non-hydrogen) atoms. The molecular formula is C30H28O. The van der Waals surface area contributed by atoms with Gasteiger partial charge in [0.15, 0.2) is 0 Å². The van der Waals surface area contributed by atoms with E-state index in [-0.39, 0.29) is 0 Å². The van der Waals surface area contributed by atoms with Gasteiger partial charge in [0.05, 0.1) is 0 Å². The Kier molecular flexibility index (Phi) is 4.34. The van der Waals surface area contributed by atoms with Crippen LogP contribution in [0, 0.1) is 0 Å². The van der Waals surface area contributed by atoms with Gasteiger partial charge in [-0.1, -0.05) is 100 Å². The summed E-state index contributed by atoms with van der Waals surface area (Å²) in [6.07, 6.45) is 0. The summed E-state index contributed by atoms with van der Waals surface area (Å²) in [6, 6.07) is 28.8. The number of hydrogen-bond donors (Lipinski definition) is 0. The van der Waals surface area contributed by atoms with Gasteiger partial charge in [0.25, 0.3) is 0 Å². The molecule has 1 aromatic heterocycles. The van der Waals surface area contributed by atoms with E-state index in [1.165, 1.54) is 0 Å². The molecule has 0 atom stereocenters. The van der Waals surface area contributed by atoms with E-state index in [1.807, 2.05) is 64.1 Å². The zero-order chi connectivity index (χ0) is 23.4. The first kappa shape index (κ1) is 17.4. The summed E-state index contributed by atoms with van der Waals surface area (Å²) in [5, 5.41) is 2.22. The number of benzene rings is 4. The minimum atomic E-state index is -0.786. The molecule has 0 aliphatic rings. The van der Waals surface area contributed by atoms with Crippen molar-refractivity contribution in [3.05, 3.63) is 96.1 Å². The molecule has 1 nitrogen and oxygen atoms in total. The molecule has 1 heterocycles. The van der Waals surface area contributed by atoms with Crippen LogP contribution in [0.2, 0.25) is 0 Å². The molecule has 5 rings (SSSR count). The number of furan rings is 1. The van der Waals surface area contributed by atoms with Crippen molar-refractivity contribution in [2.75, 3.05) is 0 Å². The van der Waals surface area contributed by atoms with Crippen molar-refractivity contribution in [1.82, 2.24) is 0 Å². The monoisotopic (exact) mass is 406 g/mol. The normalized spacial score (nSPS) is 13.4. The number of hydrogen-bond acceptors (Lipinski definition) is 1. The van der Waals surface area contributed by atoms with Gasteiger partial charge in [-0.25, -0.2) is 0 Å². The molecule has 0 bridgehead atoms. The van der Waals surface area contributed by atoms with Crippen LogP contribution in [0.1, 0.15) is 53.4 Å². The molecule has 0 spiro atoms. The second-order valence-corrected chi connectivity index (χ2v) is 8.59. The van der Waals surface area contributed by atoms with Crippen molar-refractivity contribution in [2.45, 2.75) is 39.5 Å². The smallest absolute Gasteiger partial charge is 0.143 e. The first-order valence-electron chi connectivity index (χ1n) is 11.8. The lowest BCUT2D eigenvalue weighted by atomic mass is 9.84. The fraction of sp³-hybridized carbons (Fsp3) is 0.200. The van der Waals surface area contributed by atoms with Gasteiger partial charge in [-0.2, -0.15) is 0 Å². The van der Waals surface area contributed by atoms with Gasteiger partial charge in [0.2, 0.25) is 0 Å². The molecule has 0 radical (unpaired) electrons. The first-order valence-corrected chi connectivity index (χ1v) is 10.8. The Morgan fingerprint density at radius 1 is 0.645 bits per heavy atom. The van der Waals surface area contributed by atoms with Gasteiger partial charge in [-0.15, -0.1) is 0 Å². The van der Waals surface area contributed by atoms with Gasteiger partial charge >= 0.3 is 0 Å². The van der Waals surface area contributed by atoms with Crippen molar-refractivity contribution in [3.63, 3.8) is 0 Å². The summed E-state index contributed by atoms with van der Waals surface area (Å²) in [4.78, 5) is 0. The topological polar surface area (TPSA) is 13.1 Å². The van der Waals surface area contributed by atoms with E-state index in [0.717, 1.165) is 55.3 Å². The highest BCUT2D eigenvalue weighted by molar-refractivity contribution is 6.09. The summed E-state index contributed by atoms with van der Waals surface area (Å²) in [5.41, 5.74) is 7.73. The molecule has 0 saturated carbocycles. The van der Waals surface area contributed by atoms with E-state index in [1.54, 1.807) is 0 Å². The van der Waals surface area contributed by atoms with E-state index in [9.17, 15) is 0 Å². The van der Waals surface area contributed by atoms with Crippen LogP contribution in [0.3, 0.4) is 0 Å². The summed E-state index contributed by atoms with van der Waals surface area (Å²) in [7, 11) is 0. The van der Waals surface area contributed by atoms with Gasteiger partial charge in [-0.05, 0) is 51.7 Å².